The topological polar surface area (TPSA) is 48.5 Å². The van der Waals surface area contributed by atoms with E-state index in [-0.39, 0.29) is 0 Å². The van der Waals surface area contributed by atoms with Gasteiger partial charge in [0.05, 0.1) is 27.8 Å². The van der Waals surface area contributed by atoms with Crippen molar-refractivity contribution in [3.8, 4) is 78.9 Å². The third-order valence-corrected chi connectivity index (χ3v) is 13.2. The van der Waals surface area contributed by atoms with Gasteiger partial charge >= 0.3 is 0 Å². The Kier molecular flexibility index (Phi) is 9.43. The molecule has 5 nitrogen and oxygen atoms in total. The van der Waals surface area contributed by atoms with Gasteiger partial charge in [0.15, 0.2) is 11.6 Å². The van der Waals surface area contributed by atoms with Gasteiger partial charge in [-0.05, 0) is 63.2 Å². The summed E-state index contributed by atoms with van der Waals surface area (Å²) in [5, 5.41) is 4.54. The molecule has 0 aliphatic rings. The monoisotopic (exact) mass is 867 g/mol. The molecule has 0 aliphatic carbocycles. The summed E-state index contributed by atoms with van der Waals surface area (Å²) in [7, 11) is 0. The molecule has 10 aromatic carbocycles. The van der Waals surface area contributed by atoms with Crippen LogP contribution in [0, 0.1) is 0 Å². The van der Waals surface area contributed by atoms with E-state index in [2.05, 4.69) is 240 Å². The summed E-state index contributed by atoms with van der Waals surface area (Å²) >= 11 is 0. The van der Waals surface area contributed by atoms with Gasteiger partial charge in [0, 0.05) is 38.2 Å². The Bertz CT molecular complexity index is 3990. The maximum atomic E-state index is 5.47. The molecule has 0 saturated carbocycles. The van der Waals surface area contributed by atoms with Gasteiger partial charge < -0.3 is 4.57 Å². The Hall–Kier alpha value is -9.19. The van der Waals surface area contributed by atoms with Crippen LogP contribution in [0.5, 0.6) is 0 Å². The van der Waals surface area contributed by atoms with Gasteiger partial charge in [-0.1, -0.05) is 224 Å². The zero-order chi connectivity index (χ0) is 45.0. The Morgan fingerprint density at radius 3 is 1.28 bits per heavy atom. The molecule has 0 atom stereocenters. The summed E-state index contributed by atoms with van der Waals surface area (Å²) in [6.07, 6.45) is 0. The van der Waals surface area contributed by atoms with Crippen LogP contribution in [0.2, 0.25) is 0 Å². The fourth-order valence-electron chi connectivity index (χ4n) is 9.98. The maximum absolute atomic E-state index is 5.47. The minimum absolute atomic E-state index is 0.545. The molecule has 0 N–H and O–H groups in total. The molecule has 0 radical (unpaired) electrons. The second-order valence-electron chi connectivity index (χ2n) is 17.2. The first-order chi connectivity index (χ1) is 33.7. The smallest absolute Gasteiger partial charge is 0.238 e. The first-order valence-corrected chi connectivity index (χ1v) is 23.0. The number of benzene rings is 10. The molecule has 0 saturated heterocycles. The molecule has 318 valence electrons. The molecule has 0 spiro atoms. The number of fused-ring (bicyclic) bond motifs is 7. The fourth-order valence-corrected chi connectivity index (χ4v) is 9.98. The van der Waals surface area contributed by atoms with E-state index >= 15 is 0 Å². The van der Waals surface area contributed by atoms with Crippen molar-refractivity contribution in [1.82, 2.24) is 24.1 Å². The van der Waals surface area contributed by atoms with Crippen molar-refractivity contribution in [3.63, 3.8) is 0 Å². The average Bonchev–Trinajstić information content (AvgIpc) is 3.95. The van der Waals surface area contributed by atoms with Crippen molar-refractivity contribution in [2.75, 3.05) is 0 Å². The van der Waals surface area contributed by atoms with Crippen LogP contribution in [-0.4, -0.2) is 24.1 Å². The Labute approximate surface area is 393 Å². The van der Waals surface area contributed by atoms with Crippen LogP contribution in [0.3, 0.4) is 0 Å². The third kappa shape index (κ3) is 6.68. The first-order valence-electron chi connectivity index (χ1n) is 23.0. The fraction of sp³-hybridized carbons (Fsp3) is 0. The average molecular weight is 868 g/mol. The molecule has 0 unspecified atom stereocenters. The summed E-state index contributed by atoms with van der Waals surface area (Å²) in [4.78, 5) is 16.1. The quantitative estimate of drug-likeness (QED) is 0.153. The molecule has 5 heteroatoms. The van der Waals surface area contributed by atoms with Crippen molar-refractivity contribution >= 4 is 43.6 Å². The summed E-state index contributed by atoms with van der Waals surface area (Å²) in [6, 6.07) is 88.2. The summed E-state index contributed by atoms with van der Waals surface area (Å²) < 4.78 is 4.75. The minimum Gasteiger partial charge on any atom is -0.307 e. The van der Waals surface area contributed by atoms with Gasteiger partial charge in [0.1, 0.15) is 0 Å². The normalized spacial score (nSPS) is 11.5. The predicted molar refractivity (Wildman–Crippen MR) is 281 cm³/mol. The van der Waals surface area contributed by atoms with E-state index in [9.17, 15) is 0 Å². The lowest BCUT2D eigenvalue weighted by molar-refractivity contribution is 0.953. The van der Waals surface area contributed by atoms with E-state index in [4.69, 9.17) is 15.0 Å². The van der Waals surface area contributed by atoms with Crippen LogP contribution in [0.15, 0.2) is 249 Å². The van der Waals surface area contributed by atoms with Crippen LogP contribution in [0.1, 0.15) is 0 Å². The molecule has 3 aromatic heterocycles. The van der Waals surface area contributed by atoms with Crippen LogP contribution in [0.4, 0.5) is 0 Å². The van der Waals surface area contributed by atoms with Gasteiger partial charge in [-0.3, -0.25) is 4.57 Å². The Balaban J connectivity index is 1.09. The van der Waals surface area contributed by atoms with Crippen LogP contribution in [-0.2, 0) is 0 Å². The van der Waals surface area contributed by atoms with E-state index < -0.39 is 0 Å². The van der Waals surface area contributed by atoms with Gasteiger partial charge in [-0.2, -0.15) is 9.97 Å². The standard InChI is InChI=1S/C63H41N5/c1-5-18-42(19-6-1)44-32-34-45(35-33-44)48-26-17-27-50(40-48)62-64-61(47-24-11-4-12-25-47)65-63(66-62)68-57-31-16-14-29-53(57)55-39-38-54-52-28-13-15-30-56(52)67(59(54)60(55)68)58-41-49(43-20-7-2-8-21-43)36-37-51(58)46-22-9-3-10-23-46/h1-41H. The Morgan fingerprint density at radius 1 is 0.250 bits per heavy atom. The zero-order valence-electron chi connectivity index (χ0n) is 36.9. The van der Waals surface area contributed by atoms with Gasteiger partial charge in [0.25, 0.3) is 0 Å². The second-order valence-corrected chi connectivity index (χ2v) is 17.2. The molecule has 13 aromatic rings. The van der Waals surface area contributed by atoms with Crippen molar-refractivity contribution in [2.45, 2.75) is 0 Å². The second kappa shape index (κ2) is 16.4. The number of rotatable bonds is 8. The van der Waals surface area contributed by atoms with Gasteiger partial charge in [-0.15, -0.1) is 0 Å². The van der Waals surface area contributed by atoms with Crippen molar-refractivity contribution < 1.29 is 0 Å². The molecule has 0 bridgehead atoms. The van der Waals surface area contributed by atoms with E-state index in [1.54, 1.807) is 0 Å². The summed E-state index contributed by atoms with van der Waals surface area (Å²) in [5.74, 6) is 1.74. The molecular formula is C63H41N5. The number of aromatic nitrogens is 5. The molecule has 0 fully saturated rings. The zero-order valence-corrected chi connectivity index (χ0v) is 36.9. The highest BCUT2D eigenvalue weighted by atomic mass is 15.2. The summed E-state index contributed by atoms with van der Waals surface area (Å²) in [6.45, 7) is 0. The highest BCUT2D eigenvalue weighted by molar-refractivity contribution is 6.24. The molecule has 0 amide bonds. The lowest BCUT2D eigenvalue weighted by Crippen LogP contribution is -2.07. The van der Waals surface area contributed by atoms with Crippen LogP contribution < -0.4 is 0 Å². The molecule has 3 heterocycles. The van der Waals surface area contributed by atoms with E-state index in [0.717, 1.165) is 88.4 Å². The van der Waals surface area contributed by atoms with Crippen molar-refractivity contribution in [2.24, 2.45) is 0 Å². The molecular weight excluding hydrogens is 827 g/mol. The van der Waals surface area contributed by atoms with Crippen LogP contribution in [0.25, 0.3) is 123 Å². The number of nitrogens with zero attached hydrogens (tertiary/aromatic N) is 5. The van der Waals surface area contributed by atoms with E-state index in [0.29, 0.717) is 17.6 Å². The van der Waals surface area contributed by atoms with Crippen molar-refractivity contribution in [3.05, 3.63) is 249 Å². The third-order valence-electron chi connectivity index (χ3n) is 13.2. The highest BCUT2D eigenvalue weighted by Gasteiger charge is 2.25. The first kappa shape index (κ1) is 39.2. The number of hydrogen-bond donors (Lipinski definition) is 0. The highest BCUT2D eigenvalue weighted by Crippen LogP contribution is 2.44. The van der Waals surface area contributed by atoms with E-state index in [1.165, 1.54) is 16.5 Å². The van der Waals surface area contributed by atoms with Crippen LogP contribution >= 0.6 is 0 Å². The van der Waals surface area contributed by atoms with E-state index in [1.807, 2.05) is 18.2 Å². The molecule has 68 heavy (non-hydrogen) atoms. The Morgan fingerprint density at radius 2 is 0.662 bits per heavy atom. The van der Waals surface area contributed by atoms with Crippen molar-refractivity contribution in [1.29, 1.82) is 0 Å². The lowest BCUT2D eigenvalue weighted by Gasteiger charge is -2.17. The predicted octanol–water partition coefficient (Wildman–Crippen LogP) is 16.1. The SMILES string of the molecule is c1ccc(-c2ccc(-c3cccc(-c4nc(-c5ccccc5)nc(-n5c6ccccc6c6ccc7c8ccccc8n(-c8cc(-c9ccccc9)ccc8-c8ccccc8)c7c65)n4)c3)cc2)cc1. The maximum Gasteiger partial charge on any atom is 0.238 e. The lowest BCUT2D eigenvalue weighted by atomic mass is 9.98. The van der Waals surface area contributed by atoms with Gasteiger partial charge in [0.2, 0.25) is 5.95 Å². The number of para-hydroxylation sites is 2. The number of hydrogen-bond acceptors (Lipinski definition) is 3. The molecule has 0 aliphatic heterocycles. The summed E-state index contributed by atoms with van der Waals surface area (Å²) in [5.41, 5.74) is 16.3. The van der Waals surface area contributed by atoms with Gasteiger partial charge in [-0.25, -0.2) is 4.98 Å². The molecule has 13 rings (SSSR count). The largest absolute Gasteiger partial charge is 0.307 e. The minimum atomic E-state index is 0.545.